The second kappa shape index (κ2) is 4.50. The zero-order valence-electron chi connectivity index (χ0n) is 8.33. The maximum Gasteiger partial charge on any atom is 0.146 e. The van der Waals surface area contributed by atoms with Crippen molar-refractivity contribution in [3.05, 3.63) is 22.8 Å². The van der Waals surface area contributed by atoms with E-state index in [1.54, 1.807) is 12.3 Å². The van der Waals surface area contributed by atoms with Crippen molar-refractivity contribution < 1.29 is 0 Å². The molecule has 78 valence electrons. The normalized spacial score (nSPS) is 15.5. The predicted octanol–water partition coefficient (Wildman–Crippen LogP) is 2.82. The Hall–Kier alpha value is -1.27. The molecule has 1 N–H and O–H groups in total. The summed E-state index contributed by atoms with van der Waals surface area (Å²) in [4.78, 5) is 4.12. The quantitative estimate of drug-likeness (QED) is 0.854. The van der Waals surface area contributed by atoms with Crippen LogP contribution in [0.3, 0.4) is 0 Å². The first-order chi connectivity index (χ1) is 7.31. The van der Waals surface area contributed by atoms with Gasteiger partial charge in [-0.2, -0.15) is 5.26 Å². The highest BCUT2D eigenvalue weighted by Gasteiger charge is 2.17. The molecule has 0 spiro atoms. The minimum Gasteiger partial charge on any atom is -0.369 e. The summed E-state index contributed by atoms with van der Waals surface area (Å²) in [6.45, 7) is 0.904. The van der Waals surface area contributed by atoms with E-state index in [1.807, 2.05) is 6.07 Å². The van der Waals surface area contributed by atoms with E-state index in [4.69, 9.17) is 16.9 Å². The molecule has 1 aliphatic rings. The number of anilines is 1. The molecule has 0 aromatic carbocycles. The topological polar surface area (TPSA) is 48.7 Å². The number of pyridine rings is 1. The molecule has 0 aliphatic heterocycles. The van der Waals surface area contributed by atoms with Crippen LogP contribution in [0.1, 0.15) is 24.8 Å². The van der Waals surface area contributed by atoms with E-state index in [0.29, 0.717) is 16.4 Å². The molecule has 1 aliphatic carbocycles. The summed E-state index contributed by atoms with van der Waals surface area (Å²) in [5, 5.41) is 12.4. The Balaban J connectivity index is 2.04. The zero-order chi connectivity index (χ0) is 10.7. The summed E-state index contributed by atoms with van der Waals surface area (Å²) < 4.78 is 0. The number of nitrogens with one attached hydrogen (secondary N) is 1. The van der Waals surface area contributed by atoms with E-state index in [1.165, 1.54) is 19.3 Å². The summed E-state index contributed by atoms with van der Waals surface area (Å²) >= 11 is 6.01. The van der Waals surface area contributed by atoms with Crippen LogP contribution in [0.25, 0.3) is 0 Å². The maximum atomic E-state index is 8.79. The van der Waals surface area contributed by atoms with Gasteiger partial charge in [0.05, 0.1) is 5.56 Å². The minimum atomic E-state index is 0.430. The summed E-state index contributed by atoms with van der Waals surface area (Å²) in [7, 11) is 0. The number of rotatable bonds is 3. The van der Waals surface area contributed by atoms with Crippen molar-refractivity contribution in [1.29, 1.82) is 5.26 Å². The lowest BCUT2D eigenvalue weighted by Gasteiger charge is -2.25. The molecule has 4 heteroatoms. The van der Waals surface area contributed by atoms with E-state index >= 15 is 0 Å². The zero-order valence-corrected chi connectivity index (χ0v) is 9.09. The first kappa shape index (κ1) is 10.3. The summed E-state index contributed by atoms with van der Waals surface area (Å²) in [5.41, 5.74) is 0.475. The molecule has 0 atom stereocenters. The molecular weight excluding hydrogens is 210 g/mol. The van der Waals surface area contributed by atoms with Gasteiger partial charge in [-0.15, -0.1) is 0 Å². The van der Waals surface area contributed by atoms with Crippen LogP contribution in [0.15, 0.2) is 12.3 Å². The van der Waals surface area contributed by atoms with E-state index < -0.39 is 0 Å². The third kappa shape index (κ3) is 2.21. The van der Waals surface area contributed by atoms with Crippen LogP contribution in [0, 0.1) is 17.2 Å². The van der Waals surface area contributed by atoms with E-state index in [0.717, 1.165) is 12.5 Å². The number of hydrogen-bond donors (Lipinski definition) is 1. The van der Waals surface area contributed by atoms with Crippen LogP contribution in [-0.4, -0.2) is 11.5 Å². The number of aromatic nitrogens is 1. The Morgan fingerprint density at radius 2 is 2.40 bits per heavy atom. The Bertz CT molecular complexity index is 393. The van der Waals surface area contributed by atoms with Gasteiger partial charge in [0, 0.05) is 12.7 Å². The fourth-order valence-electron chi connectivity index (χ4n) is 1.59. The van der Waals surface area contributed by atoms with Gasteiger partial charge in [0.15, 0.2) is 0 Å². The Labute approximate surface area is 94.1 Å². The monoisotopic (exact) mass is 221 g/mol. The van der Waals surface area contributed by atoms with Crippen LogP contribution >= 0.6 is 11.6 Å². The van der Waals surface area contributed by atoms with Crippen LogP contribution in [0.2, 0.25) is 5.02 Å². The average Bonchev–Trinajstić information content (AvgIpc) is 2.18. The molecule has 3 nitrogen and oxygen atoms in total. The lowest BCUT2D eigenvalue weighted by molar-refractivity contribution is 0.333. The average molecular weight is 222 g/mol. The molecule has 0 radical (unpaired) electrons. The second-order valence-corrected chi connectivity index (χ2v) is 4.19. The van der Waals surface area contributed by atoms with Gasteiger partial charge in [-0.25, -0.2) is 4.98 Å². The van der Waals surface area contributed by atoms with Gasteiger partial charge in [0.25, 0.3) is 0 Å². The molecular formula is C11H12ClN3. The van der Waals surface area contributed by atoms with Crippen molar-refractivity contribution in [3.63, 3.8) is 0 Å². The summed E-state index contributed by atoms with van der Waals surface area (Å²) in [6.07, 6.45) is 5.49. The van der Waals surface area contributed by atoms with Crippen LogP contribution in [-0.2, 0) is 0 Å². The highest BCUT2D eigenvalue weighted by Crippen LogP contribution is 2.28. The van der Waals surface area contributed by atoms with Crippen LogP contribution in [0.5, 0.6) is 0 Å². The lowest BCUT2D eigenvalue weighted by atomic mass is 9.85. The number of hydrogen-bond acceptors (Lipinski definition) is 3. The fraction of sp³-hybridized carbons (Fsp3) is 0.455. The highest BCUT2D eigenvalue weighted by molar-refractivity contribution is 6.34. The standard InChI is InChI=1S/C11H12ClN3/c12-10-9(6-13)4-5-14-11(10)15-7-8-2-1-3-8/h4-5,8H,1-3,7H2,(H,14,15). The van der Waals surface area contributed by atoms with Crippen molar-refractivity contribution in [2.75, 3.05) is 11.9 Å². The third-order valence-electron chi connectivity index (χ3n) is 2.79. The first-order valence-electron chi connectivity index (χ1n) is 5.09. The van der Waals surface area contributed by atoms with Gasteiger partial charge in [-0.1, -0.05) is 18.0 Å². The van der Waals surface area contributed by atoms with Gasteiger partial charge in [-0.3, -0.25) is 0 Å². The van der Waals surface area contributed by atoms with Crippen molar-refractivity contribution in [2.45, 2.75) is 19.3 Å². The SMILES string of the molecule is N#Cc1ccnc(NCC2CCC2)c1Cl. The van der Waals surface area contributed by atoms with Crippen molar-refractivity contribution >= 4 is 17.4 Å². The molecule has 0 saturated heterocycles. The minimum absolute atomic E-state index is 0.430. The number of halogens is 1. The number of nitriles is 1. The summed E-state index contributed by atoms with van der Waals surface area (Å²) in [6, 6.07) is 3.66. The van der Waals surface area contributed by atoms with Gasteiger partial charge in [-0.05, 0) is 24.8 Å². The molecule has 0 amide bonds. The Morgan fingerprint density at radius 1 is 1.60 bits per heavy atom. The predicted molar refractivity (Wildman–Crippen MR) is 59.8 cm³/mol. The maximum absolute atomic E-state index is 8.79. The van der Waals surface area contributed by atoms with Crippen LogP contribution in [0.4, 0.5) is 5.82 Å². The van der Waals surface area contributed by atoms with Crippen LogP contribution < -0.4 is 5.32 Å². The van der Waals surface area contributed by atoms with Crippen molar-refractivity contribution in [2.24, 2.45) is 5.92 Å². The third-order valence-corrected chi connectivity index (χ3v) is 3.18. The van der Waals surface area contributed by atoms with E-state index in [2.05, 4.69) is 10.3 Å². The Kier molecular flexibility index (Phi) is 3.08. The molecule has 1 aromatic rings. The number of nitrogens with zero attached hydrogens (tertiary/aromatic N) is 2. The fourth-order valence-corrected chi connectivity index (χ4v) is 1.81. The van der Waals surface area contributed by atoms with Crippen molar-refractivity contribution in [1.82, 2.24) is 4.98 Å². The largest absolute Gasteiger partial charge is 0.369 e. The van der Waals surface area contributed by atoms with Crippen molar-refractivity contribution in [3.8, 4) is 6.07 Å². The van der Waals surface area contributed by atoms with Gasteiger partial charge < -0.3 is 5.32 Å². The first-order valence-corrected chi connectivity index (χ1v) is 5.47. The van der Waals surface area contributed by atoms with Gasteiger partial charge >= 0.3 is 0 Å². The molecule has 0 bridgehead atoms. The molecule has 0 unspecified atom stereocenters. The lowest BCUT2D eigenvalue weighted by Crippen LogP contribution is -2.21. The van der Waals surface area contributed by atoms with E-state index in [9.17, 15) is 0 Å². The molecule has 1 saturated carbocycles. The molecule has 2 rings (SSSR count). The van der Waals surface area contributed by atoms with Gasteiger partial charge in [0.2, 0.25) is 0 Å². The molecule has 1 heterocycles. The highest BCUT2D eigenvalue weighted by atomic mass is 35.5. The Morgan fingerprint density at radius 3 is 3.00 bits per heavy atom. The molecule has 15 heavy (non-hydrogen) atoms. The van der Waals surface area contributed by atoms with E-state index in [-0.39, 0.29) is 0 Å². The van der Waals surface area contributed by atoms with Gasteiger partial charge in [0.1, 0.15) is 16.9 Å². The summed E-state index contributed by atoms with van der Waals surface area (Å²) in [5.74, 6) is 1.37. The smallest absolute Gasteiger partial charge is 0.146 e. The molecule has 1 aromatic heterocycles. The molecule has 1 fully saturated rings. The second-order valence-electron chi connectivity index (χ2n) is 3.81.